The molecule has 1 amide bonds. The van der Waals surface area contributed by atoms with E-state index in [9.17, 15) is 4.79 Å². The first-order valence-electron chi connectivity index (χ1n) is 7.13. The first kappa shape index (κ1) is 14.7. The van der Waals surface area contributed by atoms with Crippen LogP contribution in [-0.4, -0.2) is 11.9 Å². The van der Waals surface area contributed by atoms with Crippen LogP contribution < -0.4 is 5.32 Å². The zero-order valence-corrected chi connectivity index (χ0v) is 11.8. The molecule has 1 saturated carbocycles. The molecule has 2 heteroatoms. The minimum atomic E-state index is 0.0688. The van der Waals surface area contributed by atoms with Crippen molar-refractivity contribution in [1.82, 2.24) is 5.32 Å². The van der Waals surface area contributed by atoms with Gasteiger partial charge < -0.3 is 5.32 Å². The van der Waals surface area contributed by atoms with Gasteiger partial charge in [0, 0.05) is 11.6 Å². The van der Waals surface area contributed by atoms with Crippen molar-refractivity contribution in [3.63, 3.8) is 0 Å². The van der Waals surface area contributed by atoms with E-state index in [2.05, 4.69) is 12.2 Å². The normalized spacial score (nSPS) is 22.6. The summed E-state index contributed by atoms with van der Waals surface area (Å²) in [5, 5.41) is 3.15. The molecule has 2 nitrogen and oxygen atoms in total. The predicted molar refractivity (Wildman–Crippen MR) is 76.7 cm³/mol. The molecule has 18 heavy (non-hydrogen) atoms. The number of nitrogens with one attached hydrogen (secondary N) is 1. The van der Waals surface area contributed by atoms with Crippen molar-refractivity contribution in [3.8, 4) is 0 Å². The summed E-state index contributed by atoms with van der Waals surface area (Å²) in [6.07, 6.45) is 4.91. The monoisotopic (exact) mass is 247 g/mol. The van der Waals surface area contributed by atoms with Gasteiger partial charge in [-0.1, -0.05) is 51.8 Å². The highest BCUT2D eigenvalue weighted by molar-refractivity contribution is 5.94. The maximum Gasteiger partial charge on any atom is 0.251 e. The Morgan fingerprint density at radius 2 is 1.72 bits per heavy atom. The fourth-order valence-corrected chi connectivity index (χ4v) is 2.37. The number of carbonyl (C=O) groups excluding carboxylic acids is 1. The molecule has 0 spiro atoms. The highest BCUT2D eigenvalue weighted by Gasteiger charge is 2.22. The van der Waals surface area contributed by atoms with Gasteiger partial charge in [-0.2, -0.15) is 0 Å². The van der Waals surface area contributed by atoms with Gasteiger partial charge >= 0.3 is 0 Å². The molecule has 1 aromatic carbocycles. The summed E-state index contributed by atoms with van der Waals surface area (Å²) in [7, 11) is 0. The van der Waals surface area contributed by atoms with Gasteiger partial charge in [0.05, 0.1) is 0 Å². The van der Waals surface area contributed by atoms with Crippen LogP contribution in [0.3, 0.4) is 0 Å². The van der Waals surface area contributed by atoms with Gasteiger partial charge in [-0.25, -0.2) is 0 Å². The lowest BCUT2D eigenvalue weighted by molar-refractivity contribution is 0.0910. The molecule has 2 atom stereocenters. The van der Waals surface area contributed by atoms with Crippen LogP contribution in [0.5, 0.6) is 0 Å². The Balaban J connectivity index is 0.000000771. The van der Waals surface area contributed by atoms with Gasteiger partial charge in [0.2, 0.25) is 0 Å². The summed E-state index contributed by atoms with van der Waals surface area (Å²) in [5.41, 5.74) is 0.764. The second kappa shape index (κ2) is 7.91. The fourth-order valence-electron chi connectivity index (χ4n) is 2.37. The number of amides is 1. The molecule has 1 aliphatic rings. The highest BCUT2D eigenvalue weighted by atomic mass is 16.1. The molecule has 1 fully saturated rings. The maximum atomic E-state index is 11.9. The van der Waals surface area contributed by atoms with Crippen LogP contribution >= 0.6 is 0 Å². The lowest BCUT2D eigenvalue weighted by atomic mass is 9.86. The molecule has 0 bridgehead atoms. The SMILES string of the molecule is CC.CC1CCCCC1NC(=O)c1ccccc1. The predicted octanol–water partition coefficient (Wildman–Crippen LogP) is 4.02. The summed E-state index contributed by atoms with van der Waals surface area (Å²) >= 11 is 0. The van der Waals surface area contributed by atoms with Crippen molar-refractivity contribution in [1.29, 1.82) is 0 Å². The summed E-state index contributed by atoms with van der Waals surface area (Å²) < 4.78 is 0. The van der Waals surface area contributed by atoms with E-state index < -0.39 is 0 Å². The molecule has 1 aromatic rings. The molecule has 0 radical (unpaired) electrons. The quantitative estimate of drug-likeness (QED) is 0.840. The molecule has 0 aromatic heterocycles. The van der Waals surface area contributed by atoms with Crippen LogP contribution in [-0.2, 0) is 0 Å². The number of rotatable bonds is 2. The zero-order valence-electron chi connectivity index (χ0n) is 11.8. The van der Waals surface area contributed by atoms with Gasteiger partial charge in [0.1, 0.15) is 0 Å². The average Bonchev–Trinajstić information content (AvgIpc) is 2.44. The fraction of sp³-hybridized carbons (Fsp3) is 0.562. The molecule has 2 unspecified atom stereocenters. The standard InChI is InChI=1S/C14H19NO.C2H6/c1-11-7-5-6-10-13(11)15-14(16)12-8-3-2-4-9-12;1-2/h2-4,8-9,11,13H,5-7,10H2,1H3,(H,15,16);1-2H3. The van der Waals surface area contributed by atoms with Crippen LogP contribution in [0.15, 0.2) is 30.3 Å². The van der Waals surface area contributed by atoms with Gasteiger partial charge in [0.25, 0.3) is 5.91 Å². The van der Waals surface area contributed by atoms with Crippen molar-refractivity contribution in [2.75, 3.05) is 0 Å². The third-order valence-corrected chi connectivity index (χ3v) is 3.46. The summed E-state index contributed by atoms with van der Waals surface area (Å²) in [5.74, 6) is 0.681. The minimum Gasteiger partial charge on any atom is -0.349 e. The number of carbonyl (C=O) groups is 1. The van der Waals surface area contributed by atoms with Crippen LogP contribution in [0.1, 0.15) is 56.8 Å². The molecule has 100 valence electrons. The minimum absolute atomic E-state index is 0.0688. The van der Waals surface area contributed by atoms with E-state index in [0.29, 0.717) is 12.0 Å². The third-order valence-electron chi connectivity index (χ3n) is 3.46. The van der Waals surface area contributed by atoms with E-state index in [0.717, 1.165) is 12.0 Å². The third kappa shape index (κ3) is 4.17. The molecule has 2 rings (SSSR count). The smallest absolute Gasteiger partial charge is 0.251 e. The number of hydrogen-bond donors (Lipinski definition) is 1. The first-order chi connectivity index (χ1) is 8.77. The molecule has 1 N–H and O–H groups in total. The van der Waals surface area contributed by atoms with Gasteiger partial charge in [-0.05, 0) is 30.9 Å². The van der Waals surface area contributed by atoms with Gasteiger partial charge in [0.15, 0.2) is 0 Å². The Morgan fingerprint density at radius 3 is 2.33 bits per heavy atom. The Bertz CT molecular complexity index is 347. The largest absolute Gasteiger partial charge is 0.349 e. The first-order valence-corrected chi connectivity index (χ1v) is 7.13. The lowest BCUT2D eigenvalue weighted by Crippen LogP contribution is -2.41. The van der Waals surface area contributed by atoms with Crippen molar-refractivity contribution >= 4 is 5.91 Å². The van der Waals surface area contributed by atoms with E-state index in [1.54, 1.807) is 0 Å². The molecule has 0 aliphatic heterocycles. The number of benzene rings is 1. The van der Waals surface area contributed by atoms with Crippen molar-refractivity contribution < 1.29 is 4.79 Å². The Hall–Kier alpha value is -1.31. The number of hydrogen-bond acceptors (Lipinski definition) is 1. The Morgan fingerprint density at radius 1 is 1.11 bits per heavy atom. The van der Waals surface area contributed by atoms with Crippen molar-refractivity contribution in [2.24, 2.45) is 5.92 Å². The second-order valence-electron chi connectivity index (χ2n) is 4.71. The van der Waals surface area contributed by atoms with Crippen molar-refractivity contribution in [2.45, 2.75) is 52.5 Å². The lowest BCUT2D eigenvalue weighted by Gasteiger charge is -2.29. The van der Waals surface area contributed by atoms with E-state index in [4.69, 9.17) is 0 Å². The van der Waals surface area contributed by atoms with Crippen LogP contribution in [0, 0.1) is 5.92 Å². The molecule has 0 saturated heterocycles. The maximum absolute atomic E-state index is 11.9. The molecule has 0 heterocycles. The van der Waals surface area contributed by atoms with E-state index in [1.807, 2.05) is 44.2 Å². The van der Waals surface area contributed by atoms with E-state index in [-0.39, 0.29) is 5.91 Å². The molecular formula is C16H25NO. The molecule has 1 aliphatic carbocycles. The average molecular weight is 247 g/mol. The van der Waals surface area contributed by atoms with Crippen LogP contribution in [0.25, 0.3) is 0 Å². The summed E-state index contributed by atoms with van der Waals surface area (Å²) in [6, 6.07) is 9.82. The summed E-state index contributed by atoms with van der Waals surface area (Å²) in [6.45, 7) is 6.23. The van der Waals surface area contributed by atoms with Crippen LogP contribution in [0.4, 0.5) is 0 Å². The van der Waals surface area contributed by atoms with Gasteiger partial charge in [-0.3, -0.25) is 4.79 Å². The highest BCUT2D eigenvalue weighted by Crippen LogP contribution is 2.23. The topological polar surface area (TPSA) is 29.1 Å². The Kier molecular flexibility index (Phi) is 6.48. The van der Waals surface area contributed by atoms with E-state index >= 15 is 0 Å². The zero-order chi connectivity index (χ0) is 13.4. The van der Waals surface area contributed by atoms with Crippen molar-refractivity contribution in [3.05, 3.63) is 35.9 Å². The van der Waals surface area contributed by atoms with E-state index in [1.165, 1.54) is 19.3 Å². The van der Waals surface area contributed by atoms with Crippen LogP contribution in [0.2, 0.25) is 0 Å². The molecular weight excluding hydrogens is 222 g/mol. The van der Waals surface area contributed by atoms with Gasteiger partial charge in [-0.15, -0.1) is 0 Å². The second-order valence-corrected chi connectivity index (χ2v) is 4.71. The Labute approximate surface area is 111 Å². The summed E-state index contributed by atoms with van der Waals surface area (Å²) in [4.78, 5) is 11.9.